The van der Waals surface area contributed by atoms with Gasteiger partial charge in [0.1, 0.15) is 19.0 Å². The molecule has 3 rings (SSSR count). The third kappa shape index (κ3) is 6.16. The van der Waals surface area contributed by atoms with Crippen molar-refractivity contribution in [3.63, 3.8) is 0 Å². The van der Waals surface area contributed by atoms with Crippen molar-refractivity contribution in [3.05, 3.63) is 42.1 Å². The summed E-state index contributed by atoms with van der Waals surface area (Å²) < 4.78 is 38.2. The lowest BCUT2D eigenvalue weighted by Crippen LogP contribution is -2.25. The molecule has 0 spiro atoms. The van der Waals surface area contributed by atoms with Gasteiger partial charge in [-0.05, 0) is 49.6 Å². The SMILES string of the molecule is Cc1ccnc(NC(=O)CCCCCNS(=O)(=O)c2ccc3c(c2)OCCO3)c1. The molecule has 1 aromatic heterocycles. The second kappa shape index (κ2) is 9.71. The van der Waals surface area contributed by atoms with Crippen molar-refractivity contribution in [2.24, 2.45) is 0 Å². The smallest absolute Gasteiger partial charge is 0.240 e. The molecule has 1 amide bonds. The normalized spacial score (nSPS) is 13.1. The number of rotatable bonds is 9. The Balaban J connectivity index is 1.37. The molecule has 8 nitrogen and oxygen atoms in total. The molecule has 1 aliphatic heterocycles. The highest BCUT2D eigenvalue weighted by Crippen LogP contribution is 2.32. The van der Waals surface area contributed by atoms with Crippen LogP contribution in [0.15, 0.2) is 41.4 Å². The number of aromatic nitrogens is 1. The second-order valence-electron chi connectivity index (χ2n) is 6.78. The van der Waals surface area contributed by atoms with E-state index in [1.54, 1.807) is 12.3 Å². The number of carbonyl (C=O) groups is 1. The van der Waals surface area contributed by atoms with Gasteiger partial charge in [-0.25, -0.2) is 18.1 Å². The number of benzene rings is 1. The first-order valence-corrected chi connectivity index (χ1v) is 11.0. The maximum absolute atomic E-state index is 12.4. The molecular weight excluding hydrogens is 394 g/mol. The Morgan fingerprint density at radius 1 is 1.07 bits per heavy atom. The van der Waals surface area contributed by atoms with Crippen LogP contribution in [0.2, 0.25) is 0 Å². The van der Waals surface area contributed by atoms with Gasteiger partial charge in [0, 0.05) is 25.2 Å². The van der Waals surface area contributed by atoms with E-state index in [9.17, 15) is 13.2 Å². The summed E-state index contributed by atoms with van der Waals surface area (Å²) >= 11 is 0. The van der Waals surface area contributed by atoms with Crippen LogP contribution in [0, 0.1) is 6.92 Å². The van der Waals surface area contributed by atoms with E-state index in [1.165, 1.54) is 12.1 Å². The van der Waals surface area contributed by atoms with Gasteiger partial charge in [-0.1, -0.05) is 6.42 Å². The number of pyridine rings is 1. The van der Waals surface area contributed by atoms with Gasteiger partial charge in [0.2, 0.25) is 15.9 Å². The predicted molar refractivity (Wildman–Crippen MR) is 109 cm³/mol. The Bertz CT molecular complexity index is 962. The lowest BCUT2D eigenvalue weighted by atomic mass is 10.2. The molecule has 0 saturated carbocycles. The van der Waals surface area contributed by atoms with E-state index < -0.39 is 10.0 Å². The van der Waals surface area contributed by atoms with Crippen molar-refractivity contribution in [2.75, 3.05) is 25.1 Å². The predicted octanol–water partition coefficient (Wildman–Crippen LogP) is 2.64. The molecule has 156 valence electrons. The van der Waals surface area contributed by atoms with Crippen LogP contribution in [0.4, 0.5) is 5.82 Å². The van der Waals surface area contributed by atoms with Crippen molar-refractivity contribution in [1.29, 1.82) is 0 Å². The van der Waals surface area contributed by atoms with E-state index >= 15 is 0 Å². The summed E-state index contributed by atoms with van der Waals surface area (Å²) in [5, 5.41) is 2.76. The number of carbonyl (C=O) groups excluding carboxylic acids is 1. The number of amides is 1. The van der Waals surface area contributed by atoms with Crippen molar-refractivity contribution >= 4 is 21.7 Å². The highest BCUT2D eigenvalue weighted by atomic mass is 32.2. The number of fused-ring (bicyclic) bond motifs is 1. The first-order chi connectivity index (χ1) is 13.9. The Morgan fingerprint density at radius 3 is 2.66 bits per heavy atom. The summed E-state index contributed by atoms with van der Waals surface area (Å²) in [4.78, 5) is 16.2. The molecule has 2 aromatic rings. The van der Waals surface area contributed by atoms with E-state index in [0.717, 1.165) is 12.0 Å². The number of sulfonamides is 1. The van der Waals surface area contributed by atoms with Gasteiger partial charge in [0.15, 0.2) is 11.5 Å². The molecule has 0 radical (unpaired) electrons. The fourth-order valence-corrected chi connectivity index (χ4v) is 3.97. The maximum atomic E-state index is 12.4. The standard InChI is InChI=1S/C20H25N3O5S/c1-15-8-10-21-19(13-15)23-20(24)5-3-2-4-9-22-29(25,26)16-6-7-17-18(14-16)28-12-11-27-17/h6-8,10,13-14,22H,2-5,9,11-12H2,1H3,(H,21,23,24). The van der Waals surface area contributed by atoms with Crippen LogP contribution in [0.1, 0.15) is 31.2 Å². The lowest BCUT2D eigenvalue weighted by Gasteiger charge is -2.18. The fraction of sp³-hybridized carbons (Fsp3) is 0.400. The summed E-state index contributed by atoms with van der Waals surface area (Å²) in [5.41, 5.74) is 1.03. The van der Waals surface area contributed by atoms with Gasteiger partial charge in [-0.3, -0.25) is 4.79 Å². The van der Waals surface area contributed by atoms with E-state index in [1.807, 2.05) is 19.1 Å². The van der Waals surface area contributed by atoms with Crippen LogP contribution in [-0.2, 0) is 14.8 Å². The molecule has 0 saturated heterocycles. The van der Waals surface area contributed by atoms with Gasteiger partial charge >= 0.3 is 0 Å². The van der Waals surface area contributed by atoms with Gasteiger partial charge < -0.3 is 14.8 Å². The molecule has 29 heavy (non-hydrogen) atoms. The zero-order valence-corrected chi connectivity index (χ0v) is 17.1. The third-order valence-corrected chi connectivity index (χ3v) is 5.84. The monoisotopic (exact) mass is 419 g/mol. The van der Waals surface area contributed by atoms with Crippen molar-refractivity contribution < 1.29 is 22.7 Å². The summed E-state index contributed by atoms with van der Waals surface area (Å²) in [7, 11) is -3.62. The number of hydrogen-bond acceptors (Lipinski definition) is 6. The van der Waals surface area contributed by atoms with Crippen molar-refractivity contribution in [3.8, 4) is 11.5 Å². The average Bonchev–Trinajstić information content (AvgIpc) is 2.70. The third-order valence-electron chi connectivity index (χ3n) is 4.38. The highest BCUT2D eigenvalue weighted by molar-refractivity contribution is 7.89. The number of unbranched alkanes of at least 4 members (excludes halogenated alkanes) is 2. The number of aryl methyl sites for hydroxylation is 1. The van der Waals surface area contributed by atoms with Crippen molar-refractivity contribution in [2.45, 2.75) is 37.5 Å². The van der Waals surface area contributed by atoms with Crippen LogP contribution in [0.25, 0.3) is 0 Å². The summed E-state index contributed by atoms with van der Waals surface area (Å²) in [6.45, 7) is 3.09. The summed E-state index contributed by atoms with van der Waals surface area (Å²) in [6.07, 6.45) is 4.06. The largest absolute Gasteiger partial charge is 0.486 e. The molecule has 1 aromatic carbocycles. The first kappa shape index (κ1) is 21.1. The van der Waals surface area contributed by atoms with E-state index in [4.69, 9.17) is 9.47 Å². The average molecular weight is 420 g/mol. The fourth-order valence-electron chi connectivity index (χ4n) is 2.88. The Hall–Kier alpha value is -2.65. The van der Waals surface area contributed by atoms with Crippen LogP contribution < -0.4 is 19.5 Å². The van der Waals surface area contributed by atoms with Gasteiger partial charge in [0.05, 0.1) is 4.90 Å². The lowest BCUT2D eigenvalue weighted by molar-refractivity contribution is -0.116. The number of ether oxygens (including phenoxy) is 2. The van der Waals surface area contributed by atoms with Crippen molar-refractivity contribution in [1.82, 2.24) is 9.71 Å². The highest BCUT2D eigenvalue weighted by Gasteiger charge is 2.18. The number of nitrogens with one attached hydrogen (secondary N) is 2. The Kier molecular flexibility index (Phi) is 7.05. The van der Waals surface area contributed by atoms with Crippen LogP contribution in [0.5, 0.6) is 11.5 Å². The molecule has 2 N–H and O–H groups in total. The Morgan fingerprint density at radius 2 is 1.86 bits per heavy atom. The topological polar surface area (TPSA) is 107 Å². The molecule has 2 heterocycles. The number of nitrogens with zero attached hydrogens (tertiary/aromatic N) is 1. The molecule has 0 aliphatic carbocycles. The zero-order valence-electron chi connectivity index (χ0n) is 16.3. The van der Waals surface area contributed by atoms with Crippen LogP contribution >= 0.6 is 0 Å². The van der Waals surface area contributed by atoms with Crippen LogP contribution in [-0.4, -0.2) is 39.1 Å². The quantitative estimate of drug-likeness (QED) is 0.605. The zero-order chi connectivity index (χ0) is 20.7. The summed E-state index contributed by atoms with van der Waals surface area (Å²) in [5.74, 6) is 1.43. The minimum absolute atomic E-state index is 0.0973. The minimum Gasteiger partial charge on any atom is -0.486 e. The number of anilines is 1. The molecule has 0 atom stereocenters. The van der Waals surface area contributed by atoms with E-state index in [0.29, 0.717) is 56.3 Å². The first-order valence-electron chi connectivity index (χ1n) is 9.56. The van der Waals surface area contributed by atoms with Gasteiger partial charge in [-0.2, -0.15) is 0 Å². The number of hydrogen-bond donors (Lipinski definition) is 2. The van der Waals surface area contributed by atoms with E-state index in [-0.39, 0.29) is 10.8 Å². The van der Waals surface area contributed by atoms with Crippen LogP contribution in [0.3, 0.4) is 0 Å². The molecule has 0 unspecified atom stereocenters. The summed E-state index contributed by atoms with van der Waals surface area (Å²) in [6, 6.07) is 8.25. The molecule has 0 bridgehead atoms. The van der Waals surface area contributed by atoms with Gasteiger partial charge in [0.25, 0.3) is 0 Å². The molecular formula is C20H25N3O5S. The molecule has 1 aliphatic rings. The maximum Gasteiger partial charge on any atom is 0.240 e. The minimum atomic E-state index is -3.62. The molecule has 0 fully saturated rings. The Labute approximate surface area is 170 Å². The molecule has 9 heteroatoms. The second-order valence-corrected chi connectivity index (χ2v) is 8.55. The van der Waals surface area contributed by atoms with Gasteiger partial charge in [-0.15, -0.1) is 0 Å². The van der Waals surface area contributed by atoms with E-state index in [2.05, 4.69) is 15.0 Å².